The van der Waals surface area contributed by atoms with Gasteiger partial charge in [0.2, 0.25) is 0 Å². The number of anilines is 1. The molecular formula is C19H16N4S. The van der Waals surface area contributed by atoms with Crippen LogP contribution in [0.4, 0.5) is 5.82 Å². The van der Waals surface area contributed by atoms with Crippen molar-refractivity contribution in [2.75, 3.05) is 5.32 Å². The highest BCUT2D eigenvalue weighted by Gasteiger charge is 2.13. The van der Waals surface area contributed by atoms with Crippen LogP contribution in [0.25, 0.3) is 22.3 Å². The Morgan fingerprint density at radius 2 is 1.92 bits per heavy atom. The van der Waals surface area contributed by atoms with Gasteiger partial charge in [-0.2, -0.15) is 0 Å². The third-order valence-electron chi connectivity index (χ3n) is 3.85. The summed E-state index contributed by atoms with van der Waals surface area (Å²) in [4.78, 5) is 14.9. The number of benzene rings is 1. The van der Waals surface area contributed by atoms with Crippen molar-refractivity contribution < 1.29 is 0 Å². The van der Waals surface area contributed by atoms with Crippen molar-refractivity contribution in [2.24, 2.45) is 0 Å². The van der Waals surface area contributed by atoms with E-state index in [0.717, 1.165) is 22.3 Å². The van der Waals surface area contributed by atoms with Crippen molar-refractivity contribution in [3.05, 3.63) is 71.2 Å². The first-order chi connectivity index (χ1) is 11.8. The Hall–Kier alpha value is -2.79. The number of aromatic nitrogens is 3. The third kappa shape index (κ3) is 2.86. The summed E-state index contributed by atoms with van der Waals surface area (Å²) in [5.74, 6) is 1.53. The molecule has 0 amide bonds. The number of hydrogen-bond donors (Lipinski definition) is 1. The van der Waals surface area contributed by atoms with E-state index in [1.807, 2.05) is 36.4 Å². The molecule has 1 atom stereocenters. The molecule has 0 saturated heterocycles. The van der Waals surface area contributed by atoms with Crippen molar-refractivity contribution in [3.63, 3.8) is 0 Å². The van der Waals surface area contributed by atoms with E-state index in [2.05, 4.69) is 39.7 Å². The number of nitrogens with zero attached hydrogens (tertiary/aromatic N) is 3. The van der Waals surface area contributed by atoms with E-state index in [1.165, 1.54) is 4.88 Å². The van der Waals surface area contributed by atoms with Crippen molar-refractivity contribution in [2.45, 2.75) is 13.0 Å². The first-order valence-corrected chi connectivity index (χ1v) is 8.66. The lowest BCUT2D eigenvalue weighted by molar-refractivity contribution is 0.898. The Bertz CT molecular complexity index is 952. The second-order valence-electron chi connectivity index (χ2n) is 5.54. The lowest BCUT2D eigenvalue weighted by Gasteiger charge is -2.15. The van der Waals surface area contributed by atoms with Crippen LogP contribution in [0, 0.1) is 0 Å². The molecule has 1 aromatic carbocycles. The fraction of sp³-hybridized carbons (Fsp3) is 0.105. The minimum Gasteiger partial charge on any atom is -0.362 e. The zero-order valence-corrected chi connectivity index (χ0v) is 14.0. The van der Waals surface area contributed by atoms with Crippen molar-refractivity contribution >= 4 is 28.1 Å². The largest absolute Gasteiger partial charge is 0.362 e. The highest BCUT2D eigenvalue weighted by molar-refractivity contribution is 7.10. The number of thiophene rings is 1. The molecule has 3 heterocycles. The van der Waals surface area contributed by atoms with Crippen LogP contribution in [0.15, 0.2) is 66.3 Å². The Balaban J connectivity index is 1.81. The maximum Gasteiger partial charge on any atom is 0.163 e. The lowest BCUT2D eigenvalue weighted by Crippen LogP contribution is -2.08. The van der Waals surface area contributed by atoms with Gasteiger partial charge in [-0.05, 0) is 42.6 Å². The molecule has 0 aliphatic heterocycles. The van der Waals surface area contributed by atoms with Gasteiger partial charge in [0.1, 0.15) is 5.82 Å². The number of pyridine rings is 1. The summed E-state index contributed by atoms with van der Waals surface area (Å²) in [5, 5.41) is 6.65. The second-order valence-corrected chi connectivity index (χ2v) is 6.52. The van der Waals surface area contributed by atoms with Crippen LogP contribution in [0.5, 0.6) is 0 Å². The smallest absolute Gasteiger partial charge is 0.163 e. The molecule has 3 aromatic heterocycles. The van der Waals surface area contributed by atoms with Gasteiger partial charge in [-0.3, -0.25) is 4.98 Å². The van der Waals surface area contributed by atoms with Crippen LogP contribution in [0.2, 0.25) is 0 Å². The average Bonchev–Trinajstić information content (AvgIpc) is 3.17. The van der Waals surface area contributed by atoms with Gasteiger partial charge in [0.05, 0.1) is 11.6 Å². The van der Waals surface area contributed by atoms with Gasteiger partial charge >= 0.3 is 0 Å². The van der Waals surface area contributed by atoms with Gasteiger partial charge in [0, 0.05) is 28.2 Å². The highest BCUT2D eigenvalue weighted by atomic mass is 32.1. The van der Waals surface area contributed by atoms with E-state index in [9.17, 15) is 0 Å². The zero-order chi connectivity index (χ0) is 16.4. The van der Waals surface area contributed by atoms with Crippen LogP contribution < -0.4 is 5.32 Å². The topological polar surface area (TPSA) is 50.7 Å². The van der Waals surface area contributed by atoms with Crippen LogP contribution >= 0.6 is 11.3 Å². The molecule has 4 nitrogen and oxygen atoms in total. The number of hydrogen-bond acceptors (Lipinski definition) is 5. The van der Waals surface area contributed by atoms with Crippen LogP contribution in [0.1, 0.15) is 17.8 Å². The Morgan fingerprint density at radius 3 is 2.71 bits per heavy atom. The predicted molar refractivity (Wildman–Crippen MR) is 99.1 cm³/mol. The third-order valence-corrected chi connectivity index (χ3v) is 4.90. The van der Waals surface area contributed by atoms with Gasteiger partial charge in [-0.1, -0.05) is 18.2 Å². The van der Waals surface area contributed by atoms with Crippen molar-refractivity contribution in [3.8, 4) is 11.4 Å². The summed E-state index contributed by atoms with van der Waals surface area (Å²) in [7, 11) is 0. The molecule has 0 bridgehead atoms. The molecule has 0 spiro atoms. The van der Waals surface area contributed by atoms with Gasteiger partial charge in [-0.25, -0.2) is 9.97 Å². The molecule has 4 aromatic rings. The highest BCUT2D eigenvalue weighted by Crippen LogP contribution is 2.28. The Kier molecular flexibility index (Phi) is 3.92. The number of nitrogens with one attached hydrogen (secondary N) is 1. The van der Waals surface area contributed by atoms with Crippen LogP contribution in [-0.4, -0.2) is 15.0 Å². The molecule has 4 rings (SSSR count). The summed E-state index contributed by atoms with van der Waals surface area (Å²) in [6.45, 7) is 2.15. The van der Waals surface area contributed by atoms with Crippen LogP contribution in [-0.2, 0) is 0 Å². The minimum atomic E-state index is 0.185. The number of para-hydroxylation sites is 1. The Labute approximate surface area is 144 Å². The Morgan fingerprint density at radius 1 is 1.00 bits per heavy atom. The molecular weight excluding hydrogens is 316 g/mol. The molecule has 1 N–H and O–H groups in total. The molecule has 0 fully saturated rings. The standard InChI is InChI=1S/C19H16N4S/c1-13(17-9-5-11-24-17)21-19-15-7-2-3-8-16(15)22-18(23-19)14-6-4-10-20-12-14/h2-13H,1H3,(H,21,22,23)/t13-/m0/s1. The summed E-state index contributed by atoms with van der Waals surface area (Å²) >= 11 is 1.74. The molecule has 0 saturated carbocycles. The molecule has 0 aliphatic carbocycles. The molecule has 118 valence electrons. The quantitative estimate of drug-likeness (QED) is 0.576. The maximum absolute atomic E-state index is 4.76. The molecule has 0 radical (unpaired) electrons. The summed E-state index contributed by atoms with van der Waals surface area (Å²) in [5.41, 5.74) is 1.84. The molecule has 24 heavy (non-hydrogen) atoms. The molecule has 5 heteroatoms. The SMILES string of the molecule is C[C@H](Nc1nc(-c2cccnc2)nc2ccccc12)c1cccs1. The lowest BCUT2D eigenvalue weighted by atomic mass is 10.2. The normalized spacial score (nSPS) is 12.2. The molecule has 0 unspecified atom stereocenters. The zero-order valence-electron chi connectivity index (χ0n) is 13.2. The van der Waals surface area contributed by atoms with E-state index in [-0.39, 0.29) is 6.04 Å². The average molecular weight is 332 g/mol. The van der Waals surface area contributed by atoms with E-state index < -0.39 is 0 Å². The van der Waals surface area contributed by atoms with Crippen molar-refractivity contribution in [1.29, 1.82) is 0 Å². The predicted octanol–water partition coefficient (Wildman–Crippen LogP) is 4.93. The summed E-state index contributed by atoms with van der Waals surface area (Å²) in [6.07, 6.45) is 3.54. The van der Waals surface area contributed by atoms with E-state index in [1.54, 1.807) is 23.7 Å². The maximum atomic E-state index is 4.76. The first kappa shape index (κ1) is 14.8. The monoisotopic (exact) mass is 332 g/mol. The van der Waals surface area contributed by atoms with E-state index >= 15 is 0 Å². The number of fused-ring (bicyclic) bond motifs is 1. The van der Waals surface area contributed by atoms with Crippen LogP contribution in [0.3, 0.4) is 0 Å². The van der Waals surface area contributed by atoms with Crippen molar-refractivity contribution in [1.82, 2.24) is 15.0 Å². The van der Waals surface area contributed by atoms with E-state index in [0.29, 0.717) is 5.82 Å². The van der Waals surface area contributed by atoms with Gasteiger partial charge in [0.15, 0.2) is 5.82 Å². The fourth-order valence-corrected chi connectivity index (χ4v) is 3.36. The van der Waals surface area contributed by atoms with E-state index in [4.69, 9.17) is 4.98 Å². The number of rotatable bonds is 4. The fourth-order valence-electron chi connectivity index (χ4n) is 2.62. The molecule has 0 aliphatic rings. The van der Waals surface area contributed by atoms with Gasteiger partial charge < -0.3 is 5.32 Å². The summed E-state index contributed by atoms with van der Waals surface area (Å²) in [6, 6.07) is 16.3. The van der Waals surface area contributed by atoms with Gasteiger partial charge in [0.25, 0.3) is 0 Å². The van der Waals surface area contributed by atoms with Gasteiger partial charge in [-0.15, -0.1) is 11.3 Å². The summed E-state index contributed by atoms with van der Waals surface area (Å²) < 4.78 is 0. The second kappa shape index (κ2) is 6.37. The first-order valence-electron chi connectivity index (χ1n) is 7.78. The minimum absolute atomic E-state index is 0.185.